The Morgan fingerprint density at radius 2 is 2.05 bits per heavy atom. The minimum Gasteiger partial charge on any atom is -0.396 e. The molecule has 0 radical (unpaired) electrons. The Labute approximate surface area is 125 Å². The Bertz CT molecular complexity index is 484. The van der Waals surface area contributed by atoms with Crippen LogP contribution in [-0.4, -0.2) is 30.2 Å². The lowest BCUT2D eigenvalue weighted by molar-refractivity contribution is -0.122. The molecule has 1 aliphatic carbocycles. The highest BCUT2D eigenvalue weighted by Crippen LogP contribution is 2.35. The maximum atomic E-state index is 12.4. The third-order valence-corrected chi connectivity index (χ3v) is 4.97. The molecule has 1 aromatic carbocycles. The Morgan fingerprint density at radius 3 is 2.76 bits per heavy atom. The van der Waals surface area contributed by atoms with Gasteiger partial charge in [0.25, 0.3) is 0 Å². The van der Waals surface area contributed by atoms with Crippen LogP contribution in [0.3, 0.4) is 0 Å². The van der Waals surface area contributed by atoms with E-state index in [-0.39, 0.29) is 24.0 Å². The van der Waals surface area contributed by atoms with Crippen molar-refractivity contribution in [3.8, 4) is 0 Å². The third kappa shape index (κ3) is 3.05. The molecule has 114 valence electrons. The molecular weight excluding hydrogens is 264 g/mol. The molecule has 0 unspecified atom stereocenters. The normalized spacial score (nSPS) is 23.2. The molecule has 1 amide bonds. The molecule has 4 heteroatoms. The summed E-state index contributed by atoms with van der Waals surface area (Å²) in [4.78, 5) is 12.4. The van der Waals surface area contributed by atoms with Gasteiger partial charge in [0.2, 0.25) is 5.91 Å². The van der Waals surface area contributed by atoms with Gasteiger partial charge in [-0.05, 0) is 24.5 Å². The number of anilines is 1. The zero-order valence-electron chi connectivity index (χ0n) is 12.4. The lowest BCUT2D eigenvalue weighted by atomic mass is 9.74. The Balaban J connectivity index is 1.55. The van der Waals surface area contributed by atoms with E-state index in [9.17, 15) is 9.90 Å². The van der Waals surface area contributed by atoms with Gasteiger partial charge in [-0.3, -0.25) is 4.79 Å². The van der Waals surface area contributed by atoms with E-state index in [0.717, 1.165) is 37.8 Å². The van der Waals surface area contributed by atoms with E-state index in [1.807, 2.05) is 18.2 Å². The van der Waals surface area contributed by atoms with Crippen LogP contribution in [0.1, 0.15) is 37.7 Å². The summed E-state index contributed by atoms with van der Waals surface area (Å²) >= 11 is 0. The first-order chi connectivity index (χ1) is 10.2. The molecule has 1 saturated carbocycles. The Kier molecular flexibility index (Phi) is 4.15. The van der Waals surface area contributed by atoms with Crippen molar-refractivity contribution in [2.45, 2.75) is 44.6 Å². The number of hydrogen-bond donors (Lipinski definition) is 3. The maximum absolute atomic E-state index is 12.4. The summed E-state index contributed by atoms with van der Waals surface area (Å²) < 4.78 is 0. The van der Waals surface area contributed by atoms with Crippen molar-refractivity contribution in [2.24, 2.45) is 5.41 Å². The van der Waals surface area contributed by atoms with Crippen LogP contribution in [0.5, 0.6) is 0 Å². The highest BCUT2D eigenvalue weighted by Gasteiger charge is 2.33. The SMILES string of the molecule is O=C(NCC1(CO)CCCCC1)[C@@H]1Cc2ccccc2N1. The number of nitrogens with one attached hydrogen (secondary N) is 2. The van der Waals surface area contributed by atoms with Crippen molar-refractivity contribution in [2.75, 3.05) is 18.5 Å². The van der Waals surface area contributed by atoms with Gasteiger partial charge in [0, 0.05) is 24.1 Å². The molecule has 0 bridgehead atoms. The number of fused-ring (bicyclic) bond motifs is 1. The van der Waals surface area contributed by atoms with Crippen molar-refractivity contribution >= 4 is 11.6 Å². The number of para-hydroxylation sites is 1. The summed E-state index contributed by atoms with van der Waals surface area (Å²) in [5, 5.41) is 16.0. The molecule has 1 fully saturated rings. The van der Waals surface area contributed by atoms with Gasteiger partial charge < -0.3 is 15.7 Å². The predicted molar refractivity (Wildman–Crippen MR) is 83.2 cm³/mol. The Hall–Kier alpha value is -1.55. The van der Waals surface area contributed by atoms with Crippen LogP contribution in [0.2, 0.25) is 0 Å². The van der Waals surface area contributed by atoms with E-state index >= 15 is 0 Å². The van der Waals surface area contributed by atoms with Crippen molar-refractivity contribution in [1.29, 1.82) is 0 Å². The van der Waals surface area contributed by atoms with Crippen LogP contribution in [0.25, 0.3) is 0 Å². The fraction of sp³-hybridized carbons (Fsp3) is 0.588. The second kappa shape index (κ2) is 6.06. The monoisotopic (exact) mass is 288 g/mol. The minimum atomic E-state index is -0.179. The molecule has 0 aromatic heterocycles. The van der Waals surface area contributed by atoms with Gasteiger partial charge in [-0.15, -0.1) is 0 Å². The average Bonchev–Trinajstić information content (AvgIpc) is 2.97. The predicted octanol–water partition coefficient (Wildman–Crippen LogP) is 2.08. The number of aliphatic hydroxyl groups is 1. The second-order valence-electron chi connectivity index (χ2n) is 6.49. The van der Waals surface area contributed by atoms with E-state index in [2.05, 4.69) is 16.7 Å². The van der Waals surface area contributed by atoms with E-state index in [4.69, 9.17) is 0 Å². The fourth-order valence-corrected chi connectivity index (χ4v) is 3.55. The van der Waals surface area contributed by atoms with Gasteiger partial charge in [0.15, 0.2) is 0 Å². The molecule has 21 heavy (non-hydrogen) atoms. The molecule has 3 rings (SSSR count). The molecule has 3 N–H and O–H groups in total. The number of aliphatic hydroxyl groups excluding tert-OH is 1. The smallest absolute Gasteiger partial charge is 0.242 e. The second-order valence-corrected chi connectivity index (χ2v) is 6.49. The van der Waals surface area contributed by atoms with Gasteiger partial charge in [0.05, 0.1) is 6.61 Å². The van der Waals surface area contributed by atoms with Gasteiger partial charge in [0.1, 0.15) is 6.04 Å². The van der Waals surface area contributed by atoms with E-state index in [1.54, 1.807) is 0 Å². The molecule has 1 aromatic rings. The molecule has 4 nitrogen and oxygen atoms in total. The van der Waals surface area contributed by atoms with Gasteiger partial charge in [-0.25, -0.2) is 0 Å². The summed E-state index contributed by atoms with van der Waals surface area (Å²) in [5.41, 5.74) is 2.17. The first kappa shape index (κ1) is 14.4. The molecule has 2 aliphatic rings. The number of amides is 1. The molecule has 1 heterocycles. The van der Waals surface area contributed by atoms with Crippen molar-refractivity contribution in [3.05, 3.63) is 29.8 Å². The van der Waals surface area contributed by atoms with Crippen LogP contribution in [0.4, 0.5) is 5.69 Å². The number of benzene rings is 1. The topological polar surface area (TPSA) is 61.4 Å². The molecule has 0 spiro atoms. The highest BCUT2D eigenvalue weighted by molar-refractivity contribution is 5.87. The van der Waals surface area contributed by atoms with Crippen molar-refractivity contribution in [3.63, 3.8) is 0 Å². The summed E-state index contributed by atoms with van der Waals surface area (Å²) in [6.07, 6.45) is 6.33. The van der Waals surface area contributed by atoms with Gasteiger partial charge in [-0.1, -0.05) is 37.5 Å². The molecular formula is C17H24N2O2. The first-order valence-corrected chi connectivity index (χ1v) is 7.95. The van der Waals surface area contributed by atoms with Crippen LogP contribution in [0, 0.1) is 5.41 Å². The lowest BCUT2D eigenvalue weighted by Gasteiger charge is -2.36. The number of rotatable bonds is 4. The van der Waals surface area contributed by atoms with Crippen LogP contribution >= 0.6 is 0 Å². The van der Waals surface area contributed by atoms with Gasteiger partial charge in [-0.2, -0.15) is 0 Å². The minimum absolute atomic E-state index is 0.0459. The molecule has 1 atom stereocenters. The summed E-state index contributed by atoms with van der Waals surface area (Å²) in [6.45, 7) is 0.766. The largest absolute Gasteiger partial charge is 0.396 e. The number of hydrogen-bond acceptors (Lipinski definition) is 3. The summed E-state index contributed by atoms with van der Waals surface area (Å²) in [7, 11) is 0. The lowest BCUT2D eigenvalue weighted by Crippen LogP contribution is -2.46. The summed E-state index contributed by atoms with van der Waals surface area (Å²) in [6, 6.07) is 7.88. The van der Waals surface area contributed by atoms with E-state index in [1.165, 1.54) is 12.0 Å². The van der Waals surface area contributed by atoms with Crippen LogP contribution in [0.15, 0.2) is 24.3 Å². The maximum Gasteiger partial charge on any atom is 0.242 e. The number of carbonyl (C=O) groups excluding carboxylic acids is 1. The first-order valence-electron chi connectivity index (χ1n) is 7.95. The molecule has 0 saturated heterocycles. The van der Waals surface area contributed by atoms with Crippen molar-refractivity contribution < 1.29 is 9.90 Å². The number of carbonyl (C=O) groups is 1. The zero-order valence-corrected chi connectivity index (χ0v) is 12.4. The zero-order chi connectivity index (χ0) is 14.7. The van der Waals surface area contributed by atoms with E-state index < -0.39 is 0 Å². The Morgan fingerprint density at radius 1 is 1.29 bits per heavy atom. The molecule has 1 aliphatic heterocycles. The van der Waals surface area contributed by atoms with Gasteiger partial charge >= 0.3 is 0 Å². The fourth-order valence-electron chi connectivity index (χ4n) is 3.55. The van der Waals surface area contributed by atoms with Crippen molar-refractivity contribution in [1.82, 2.24) is 5.32 Å². The standard InChI is InChI=1S/C17H24N2O2/c20-12-17(8-4-1-5-9-17)11-18-16(21)15-10-13-6-2-3-7-14(13)19-15/h2-3,6-7,15,19-20H,1,4-5,8-12H2,(H,18,21)/t15-/m0/s1. The third-order valence-electron chi connectivity index (χ3n) is 4.97. The van der Waals surface area contributed by atoms with E-state index in [0.29, 0.717) is 6.54 Å². The quantitative estimate of drug-likeness (QED) is 0.795. The van der Waals surface area contributed by atoms with Crippen LogP contribution in [-0.2, 0) is 11.2 Å². The average molecular weight is 288 g/mol. The van der Waals surface area contributed by atoms with Crippen LogP contribution < -0.4 is 10.6 Å². The summed E-state index contributed by atoms with van der Waals surface area (Å²) in [5.74, 6) is 0.0459. The highest BCUT2D eigenvalue weighted by atomic mass is 16.3.